The van der Waals surface area contributed by atoms with Gasteiger partial charge in [-0.15, -0.1) is 0 Å². The van der Waals surface area contributed by atoms with Crippen LogP contribution in [0.2, 0.25) is 0 Å². The molecule has 3 rings (SSSR count). The highest BCUT2D eigenvalue weighted by Gasteiger charge is 2.55. The number of hydrogen-bond donors (Lipinski definition) is 1. The fourth-order valence-electron chi connectivity index (χ4n) is 3.32. The monoisotopic (exact) mass is 396 g/mol. The molecule has 1 saturated heterocycles. The Labute approximate surface area is 148 Å². The summed E-state index contributed by atoms with van der Waals surface area (Å²) in [5, 5.41) is -4.62. The lowest BCUT2D eigenvalue weighted by Crippen LogP contribution is -2.40. The number of rotatable bonds is 7. The van der Waals surface area contributed by atoms with Crippen molar-refractivity contribution in [3.63, 3.8) is 0 Å². The molecule has 2 aliphatic carbocycles. The Morgan fingerprint density at radius 1 is 1.23 bits per heavy atom. The van der Waals surface area contributed by atoms with Crippen LogP contribution in [0, 0.1) is 23.7 Å². The molecule has 2 bridgehead atoms. The van der Waals surface area contributed by atoms with Gasteiger partial charge in [0.25, 0.3) is 0 Å². The van der Waals surface area contributed by atoms with Crippen LogP contribution in [0.3, 0.4) is 0 Å². The first kappa shape index (κ1) is 19.2. The van der Waals surface area contributed by atoms with E-state index in [1.54, 1.807) is 19.1 Å². The standard InChI is InChI=1S/C15H18F2O8S/c1-14(6-25-14)5-23-12(18)10-8-2-3-9(4-8)11(10)13(19)24-7-15(16,17)26(20,21)22/h2-3,8-11H,4-7H2,1H3,(H,20,21,22). The summed E-state index contributed by atoms with van der Waals surface area (Å²) in [7, 11) is -5.71. The predicted octanol–water partition coefficient (Wildman–Crippen LogP) is 0.781. The van der Waals surface area contributed by atoms with Crippen molar-refractivity contribution in [1.82, 2.24) is 0 Å². The second-order valence-corrected chi connectivity index (χ2v) is 8.61. The molecule has 0 aromatic rings. The Balaban J connectivity index is 1.65. The maximum Gasteiger partial charge on any atom is 0.402 e. The Kier molecular flexibility index (Phi) is 4.60. The molecule has 3 aliphatic rings. The summed E-state index contributed by atoms with van der Waals surface area (Å²) in [5.41, 5.74) is -0.531. The van der Waals surface area contributed by atoms with E-state index >= 15 is 0 Å². The van der Waals surface area contributed by atoms with E-state index in [-0.39, 0.29) is 18.4 Å². The summed E-state index contributed by atoms with van der Waals surface area (Å²) in [6, 6.07) is 0. The number of alkyl halides is 2. The van der Waals surface area contributed by atoms with Crippen molar-refractivity contribution in [2.24, 2.45) is 23.7 Å². The lowest BCUT2D eigenvalue weighted by molar-refractivity contribution is -0.165. The van der Waals surface area contributed by atoms with Gasteiger partial charge in [0.1, 0.15) is 12.2 Å². The first-order valence-electron chi connectivity index (χ1n) is 7.94. The molecule has 1 saturated carbocycles. The summed E-state index contributed by atoms with van der Waals surface area (Å²) < 4.78 is 70.8. The van der Waals surface area contributed by atoms with Crippen LogP contribution < -0.4 is 0 Å². The minimum absolute atomic E-state index is 0.0199. The molecule has 0 aromatic carbocycles. The molecule has 2 fully saturated rings. The van der Waals surface area contributed by atoms with Crippen molar-refractivity contribution in [2.75, 3.05) is 19.8 Å². The third-order valence-electron chi connectivity index (χ3n) is 4.92. The van der Waals surface area contributed by atoms with E-state index in [2.05, 4.69) is 4.74 Å². The smallest absolute Gasteiger partial charge is 0.402 e. The average molecular weight is 396 g/mol. The molecule has 26 heavy (non-hydrogen) atoms. The minimum atomic E-state index is -5.71. The van der Waals surface area contributed by atoms with Gasteiger partial charge in [0, 0.05) is 0 Å². The third-order valence-corrected chi connectivity index (χ3v) is 5.79. The molecule has 146 valence electrons. The summed E-state index contributed by atoms with van der Waals surface area (Å²) >= 11 is 0. The van der Waals surface area contributed by atoms with Crippen molar-refractivity contribution in [3.8, 4) is 0 Å². The van der Waals surface area contributed by atoms with Crippen molar-refractivity contribution in [1.29, 1.82) is 0 Å². The molecule has 1 aliphatic heterocycles. The molecule has 0 amide bonds. The second kappa shape index (κ2) is 6.24. The fourth-order valence-corrected chi connectivity index (χ4v) is 3.53. The van der Waals surface area contributed by atoms with Crippen LogP contribution in [0.25, 0.3) is 0 Å². The van der Waals surface area contributed by atoms with Crippen molar-refractivity contribution in [2.45, 2.75) is 24.2 Å². The van der Waals surface area contributed by atoms with Crippen LogP contribution in [0.4, 0.5) is 8.78 Å². The SMILES string of the molecule is CC1(COC(=O)C2C3C=CC(C3)C2C(=O)OCC(F)(F)S(=O)(=O)O)CO1. The molecule has 0 spiro atoms. The van der Waals surface area contributed by atoms with Crippen LogP contribution in [0.15, 0.2) is 12.2 Å². The lowest BCUT2D eigenvalue weighted by Gasteiger charge is -2.25. The van der Waals surface area contributed by atoms with Crippen LogP contribution >= 0.6 is 0 Å². The molecule has 0 radical (unpaired) electrons. The van der Waals surface area contributed by atoms with E-state index in [1.165, 1.54) is 0 Å². The van der Waals surface area contributed by atoms with Gasteiger partial charge in [-0.2, -0.15) is 17.2 Å². The van der Waals surface area contributed by atoms with Crippen molar-refractivity contribution >= 4 is 22.1 Å². The quantitative estimate of drug-likeness (QED) is 0.290. The fraction of sp³-hybridized carbons (Fsp3) is 0.733. The maximum atomic E-state index is 13.2. The molecular formula is C15H18F2O8S. The molecule has 5 atom stereocenters. The van der Waals surface area contributed by atoms with Crippen LogP contribution in [0.5, 0.6) is 0 Å². The van der Waals surface area contributed by atoms with Gasteiger partial charge in [-0.05, 0) is 25.2 Å². The van der Waals surface area contributed by atoms with Gasteiger partial charge in [0.15, 0.2) is 6.61 Å². The van der Waals surface area contributed by atoms with Gasteiger partial charge < -0.3 is 14.2 Å². The zero-order chi connectivity index (χ0) is 19.3. The largest absolute Gasteiger partial charge is 0.462 e. The highest BCUT2D eigenvalue weighted by atomic mass is 32.2. The number of esters is 2. The Hall–Kier alpha value is -1.59. The first-order chi connectivity index (χ1) is 11.9. The third kappa shape index (κ3) is 3.60. The highest BCUT2D eigenvalue weighted by Crippen LogP contribution is 2.49. The van der Waals surface area contributed by atoms with Gasteiger partial charge in [0.2, 0.25) is 0 Å². The second-order valence-electron chi connectivity index (χ2n) is 7.07. The normalized spacial score (nSPS) is 35.4. The number of ether oxygens (including phenoxy) is 3. The molecule has 5 unspecified atom stereocenters. The summed E-state index contributed by atoms with van der Waals surface area (Å²) in [6.07, 6.45) is 3.94. The summed E-state index contributed by atoms with van der Waals surface area (Å²) in [5.74, 6) is -4.36. The summed E-state index contributed by atoms with van der Waals surface area (Å²) in [6.45, 7) is 0.402. The molecule has 11 heteroatoms. The van der Waals surface area contributed by atoms with E-state index in [0.717, 1.165) is 0 Å². The molecule has 8 nitrogen and oxygen atoms in total. The van der Waals surface area contributed by atoms with Gasteiger partial charge >= 0.3 is 27.3 Å². The number of carbonyl (C=O) groups excluding carboxylic acids is 2. The first-order valence-corrected chi connectivity index (χ1v) is 9.38. The van der Waals surface area contributed by atoms with E-state index < -0.39 is 51.4 Å². The molecule has 1 N–H and O–H groups in total. The van der Waals surface area contributed by atoms with Gasteiger partial charge in [-0.1, -0.05) is 12.2 Å². The number of allylic oxidation sites excluding steroid dienone is 2. The Bertz CT molecular complexity index is 743. The van der Waals surface area contributed by atoms with Gasteiger partial charge in [0.05, 0.1) is 18.4 Å². The number of fused-ring (bicyclic) bond motifs is 2. The number of halogens is 2. The lowest BCUT2D eigenvalue weighted by atomic mass is 9.83. The number of hydrogen-bond acceptors (Lipinski definition) is 7. The Morgan fingerprint density at radius 3 is 2.19 bits per heavy atom. The highest BCUT2D eigenvalue weighted by molar-refractivity contribution is 7.86. The molecule has 1 heterocycles. The zero-order valence-corrected chi connectivity index (χ0v) is 14.6. The van der Waals surface area contributed by atoms with E-state index in [4.69, 9.17) is 14.0 Å². The average Bonchev–Trinajstić information content (AvgIpc) is 2.97. The Morgan fingerprint density at radius 2 is 1.73 bits per heavy atom. The van der Waals surface area contributed by atoms with Crippen LogP contribution in [-0.4, -0.2) is 55.6 Å². The predicted molar refractivity (Wildman–Crippen MR) is 80.5 cm³/mol. The minimum Gasteiger partial charge on any atom is -0.462 e. The van der Waals surface area contributed by atoms with Crippen LogP contribution in [0.1, 0.15) is 13.3 Å². The van der Waals surface area contributed by atoms with E-state index in [0.29, 0.717) is 13.0 Å². The molecular weight excluding hydrogens is 378 g/mol. The zero-order valence-electron chi connectivity index (χ0n) is 13.8. The topological polar surface area (TPSA) is 120 Å². The molecule has 0 aromatic heterocycles. The van der Waals surface area contributed by atoms with Crippen molar-refractivity contribution < 1.29 is 45.6 Å². The maximum absolute atomic E-state index is 13.2. The van der Waals surface area contributed by atoms with E-state index in [1.807, 2.05) is 0 Å². The van der Waals surface area contributed by atoms with E-state index in [9.17, 15) is 26.8 Å². The van der Waals surface area contributed by atoms with Gasteiger partial charge in [-0.3, -0.25) is 14.1 Å². The number of carbonyl (C=O) groups is 2. The van der Waals surface area contributed by atoms with Gasteiger partial charge in [-0.25, -0.2) is 0 Å². The van der Waals surface area contributed by atoms with Crippen LogP contribution in [-0.2, 0) is 33.9 Å². The number of epoxide rings is 1. The summed E-state index contributed by atoms with van der Waals surface area (Å²) in [4.78, 5) is 24.6. The van der Waals surface area contributed by atoms with Crippen molar-refractivity contribution in [3.05, 3.63) is 12.2 Å².